The molecule has 1 unspecified atom stereocenters. The van der Waals surface area contributed by atoms with Gasteiger partial charge in [0.2, 0.25) is 0 Å². The van der Waals surface area contributed by atoms with Gasteiger partial charge in [0.15, 0.2) is 0 Å². The number of likely N-dealkylation sites (tertiary alicyclic amines) is 2. The number of piperazine rings is 1. The van der Waals surface area contributed by atoms with Crippen molar-refractivity contribution in [1.29, 1.82) is 0 Å². The van der Waals surface area contributed by atoms with Gasteiger partial charge in [-0.2, -0.15) is 13.2 Å². The van der Waals surface area contributed by atoms with Gasteiger partial charge in [-0.15, -0.1) is 0 Å². The molecule has 3 aliphatic rings. The Kier molecular flexibility index (Phi) is 13.3. The molecule has 11 heteroatoms. The van der Waals surface area contributed by atoms with E-state index in [0.717, 1.165) is 70.6 Å². The number of ether oxygens (including phenoxy) is 1. The summed E-state index contributed by atoms with van der Waals surface area (Å²) in [7, 11) is 1.78. The number of aryl methyl sites for hydroxylation is 1. The van der Waals surface area contributed by atoms with Crippen molar-refractivity contribution in [3.05, 3.63) is 77.6 Å². The van der Waals surface area contributed by atoms with Crippen LogP contribution in [-0.4, -0.2) is 115 Å². The average Bonchev–Trinajstić information content (AvgIpc) is 3.65. The van der Waals surface area contributed by atoms with E-state index in [1.165, 1.54) is 73.5 Å². The number of aliphatic carboxylic acids is 1. The van der Waals surface area contributed by atoms with E-state index in [4.69, 9.17) is 14.6 Å². The molecular weight excluding hydrogens is 636 g/mol. The number of alkyl halides is 3. The molecule has 3 heterocycles. The molecule has 3 saturated heterocycles. The van der Waals surface area contributed by atoms with Crippen LogP contribution in [0.3, 0.4) is 0 Å². The molecule has 0 bridgehead atoms. The normalized spacial score (nSPS) is 19.4. The number of unbranched alkanes of at least 4 members (excludes halogenated alkanes) is 1. The summed E-state index contributed by atoms with van der Waals surface area (Å²) in [5, 5.41) is 9.74. The van der Waals surface area contributed by atoms with Crippen LogP contribution in [0.4, 0.5) is 17.6 Å². The van der Waals surface area contributed by atoms with Gasteiger partial charge in [0.1, 0.15) is 11.6 Å². The van der Waals surface area contributed by atoms with Crippen molar-refractivity contribution >= 4 is 16.7 Å². The molecule has 6 rings (SSSR count). The van der Waals surface area contributed by atoms with E-state index in [-0.39, 0.29) is 5.82 Å². The lowest BCUT2D eigenvalue weighted by atomic mass is 9.97. The molecule has 0 radical (unpaired) electrons. The van der Waals surface area contributed by atoms with E-state index >= 15 is 0 Å². The van der Waals surface area contributed by atoms with Gasteiger partial charge in [0, 0.05) is 63.5 Å². The predicted molar refractivity (Wildman–Crippen MR) is 185 cm³/mol. The number of hydrogen-bond acceptors (Lipinski definition) is 6. The number of hydrogen-bond donors (Lipinski definition) is 1. The SMILES string of the molecule is COc1ccc2ccccc2c1CCCCN1CCN(CC(c2ccc(F)cc2)N2CCC(N3CCCC3)CC2)CC1.O=C(O)C(F)(F)F. The quantitative estimate of drug-likeness (QED) is 0.175. The standard InChI is InChI=1S/C36H49FN4O.C2HF3O2/c1-42-36-16-13-29-8-2-3-9-33(29)34(36)10-4-5-19-38-24-26-39(27-25-38)28-35(30-11-14-31(37)15-12-30)41-22-17-32(18-23-41)40-20-6-7-21-40;3-2(4,5)1(6)7/h2-3,8-9,11-16,32,35H,4-7,10,17-28H2,1H3;(H,6,7). The van der Waals surface area contributed by atoms with Gasteiger partial charge >= 0.3 is 12.1 Å². The van der Waals surface area contributed by atoms with E-state index in [1.54, 1.807) is 19.2 Å². The van der Waals surface area contributed by atoms with Gasteiger partial charge < -0.3 is 19.6 Å². The molecule has 1 atom stereocenters. The summed E-state index contributed by atoms with van der Waals surface area (Å²) in [5.74, 6) is -1.89. The predicted octanol–water partition coefficient (Wildman–Crippen LogP) is 6.86. The molecule has 49 heavy (non-hydrogen) atoms. The summed E-state index contributed by atoms with van der Waals surface area (Å²) in [5.41, 5.74) is 2.61. The number of piperidine rings is 1. The molecule has 268 valence electrons. The summed E-state index contributed by atoms with van der Waals surface area (Å²) in [6.45, 7) is 11.5. The number of rotatable bonds is 11. The Morgan fingerprint density at radius 1 is 0.857 bits per heavy atom. The van der Waals surface area contributed by atoms with Crippen molar-refractivity contribution in [1.82, 2.24) is 19.6 Å². The van der Waals surface area contributed by atoms with Crippen molar-refractivity contribution in [3.8, 4) is 5.75 Å². The molecular formula is C38H50F4N4O3. The van der Waals surface area contributed by atoms with Gasteiger partial charge in [-0.25, -0.2) is 9.18 Å². The first-order valence-corrected chi connectivity index (χ1v) is 17.7. The molecule has 3 aromatic carbocycles. The molecule has 0 spiro atoms. The highest BCUT2D eigenvalue weighted by atomic mass is 19.4. The van der Waals surface area contributed by atoms with Crippen molar-refractivity contribution < 1.29 is 32.2 Å². The third kappa shape index (κ3) is 10.4. The third-order valence-electron chi connectivity index (χ3n) is 10.4. The fourth-order valence-corrected chi connectivity index (χ4v) is 7.63. The zero-order valence-electron chi connectivity index (χ0n) is 28.5. The second-order valence-corrected chi connectivity index (χ2v) is 13.4. The number of carboxylic acid groups (broad SMARTS) is 1. The van der Waals surface area contributed by atoms with Crippen LogP contribution >= 0.6 is 0 Å². The highest BCUT2D eigenvalue weighted by molar-refractivity contribution is 5.87. The van der Waals surface area contributed by atoms with Crippen molar-refractivity contribution in [3.63, 3.8) is 0 Å². The lowest BCUT2D eigenvalue weighted by Crippen LogP contribution is -2.51. The molecule has 0 saturated carbocycles. The largest absolute Gasteiger partial charge is 0.496 e. The van der Waals surface area contributed by atoms with Gasteiger partial charge in [-0.3, -0.25) is 9.80 Å². The fraction of sp³-hybridized carbons (Fsp3) is 0.553. The number of nitrogens with zero attached hydrogens (tertiary/aromatic N) is 4. The molecule has 3 aliphatic heterocycles. The highest BCUT2D eigenvalue weighted by Gasteiger charge is 2.38. The highest BCUT2D eigenvalue weighted by Crippen LogP contribution is 2.31. The van der Waals surface area contributed by atoms with Crippen LogP contribution in [-0.2, 0) is 11.2 Å². The molecule has 3 fully saturated rings. The number of fused-ring (bicyclic) bond motifs is 1. The first-order valence-electron chi connectivity index (χ1n) is 17.7. The van der Waals surface area contributed by atoms with E-state index in [0.29, 0.717) is 6.04 Å². The summed E-state index contributed by atoms with van der Waals surface area (Å²) in [6, 6.07) is 21.4. The number of benzene rings is 3. The summed E-state index contributed by atoms with van der Waals surface area (Å²) >= 11 is 0. The summed E-state index contributed by atoms with van der Waals surface area (Å²) in [6.07, 6.45) is 3.60. The Morgan fingerprint density at radius 2 is 1.49 bits per heavy atom. The molecule has 7 nitrogen and oxygen atoms in total. The first kappa shape index (κ1) is 37.0. The number of methoxy groups -OCH3 is 1. The molecule has 0 amide bonds. The Hall–Kier alpha value is -3.25. The lowest BCUT2D eigenvalue weighted by molar-refractivity contribution is -0.192. The van der Waals surface area contributed by atoms with Crippen LogP contribution in [0.25, 0.3) is 10.8 Å². The van der Waals surface area contributed by atoms with Gasteiger partial charge in [0.25, 0.3) is 0 Å². The van der Waals surface area contributed by atoms with Gasteiger partial charge in [-0.05, 0) is 99.1 Å². The smallest absolute Gasteiger partial charge is 0.490 e. The van der Waals surface area contributed by atoms with Gasteiger partial charge in [-0.1, -0.05) is 42.5 Å². The Bertz CT molecular complexity index is 1470. The average molecular weight is 687 g/mol. The minimum absolute atomic E-state index is 0.141. The minimum Gasteiger partial charge on any atom is -0.496 e. The molecule has 0 aromatic heterocycles. The van der Waals surface area contributed by atoms with Crippen LogP contribution in [0.15, 0.2) is 60.7 Å². The fourth-order valence-electron chi connectivity index (χ4n) is 7.63. The first-order chi connectivity index (χ1) is 23.6. The summed E-state index contributed by atoms with van der Waals surface area (Å²) < 4.78 is 51.3. The number of carboxylic acids is 1. The van der Waals surface area contributed by atoms with E-state index in [9.17, 15) is 17.6 Å². The van der Waals surface area contributed by atoms with Gasteiger partial charge in [0.05, 0.1) is 7.11 Å². The number of halogens is 4. The topological polar surface area (TPSA) is 59.5 Å². The maximum Gasteiger partial charge on any atom is 0.490 e. The Balaban J connectivity index is 0.000000606. The van der Waals surface area contributed by atoms with E-state index in [1.807, 2.05) is 12.1 Å². The van der Waals surface area contributed by atoms with Crippen LogP contribution in [0.1, 0.15) is 55.7 Å². The molecule has 1 N–H and O–H groups in total. The van der Waals surface area contributed by atoms with E-state index < -0.39 is 12.1 Å². The Morgan fingerprint density at radius 3 is 2.12 bits per heavy atom. The van der Waals surface area contributed by atoms with Crippen molar-refractivity contribution in [2.45, 2.75) is 63.2 Å². The third-order valence-corrected chi connectivity index (χ3v) is 10.4. The van der Waals surface area contributed by atoms with Crippen LogP contribution in [0, 0.1) is 5.82 Å². The maximum absolute atomic E-state index is 13.8. The maximum atomic E-state index is 13.8. The molecule has 3 aromatic rings. The van der Waals surface area contributed by atoms with Crippen molar-refractivity contribution in [2.24, 2.45) is 0 Å². The van der Waals surface area contributed by atoms with Crippen LogP contribution in [0.2, 0.25) is 0 Å². The Labute approximate surface area is 287 Å². The van der Waals surface area contributed by atoms with Crippen molar-refractivity contribution in [2.75, 3.05) is 72.6 Å². The van der Waals surface area contributed by atoms with E-state index in [2.05, 4.69) is 56.0 Å². The lowest BCUT2D eigenvalue weighted by Gasteiger charge is -2.43. The zero-order chi connectivity index (χ0) is 34.8. The summed E-state index contributed by atoms with van der Waals surface area (Å²) in [4.78, 5) is 19.6. The number of carbonyl (C=O) groups is 1. The molecule has 0 aliphatic carbocycles. The zero-order valence-corrected chi connectivity index (χ0v) is 28.5. The second kappa shape index (κ2) is 17.6. The minimum atomic E-state index is -5.08. The van der Waals surface area contributed by atoms with Crippen LogP contribution in [0.5, 0.6) is 5.75 Å². The van der Waals surface area contributed by atoms with Crippen LogP contribution < -0.4 is 4.74 Å². The monoisotopic (exact) mass is 686 g/mol. The second-order valence-electron chi connectivity index (χ2n) is 13.4.